The Hall–Kier alpha value is -3.25. The number of anilines is 1. The van der Waals surface area contributed by atoms with Crippen LogP contribution >= 0.6 is 11.6 Å². The number of benzene rings is 2. The van der Waals surface area contributed by atoms with Crippen molar-refractivity contribution in [1.29, 1.82) is 0 Å². The van der Waals surface area contributed by atoms with Crippen LogP contribution in [-0.4, -0.2) is 16.6 Å². The number of nitrogens with zero attached hydrogens (tertiary/aromatic N) is 1. The first kappa shape index (κ1) is 17.6. The first-order chi connectivity index (χ1) is 12.4. The Bertz CT molecular complexity index is 1000. The second kappa shape index (κ2) is 7.33. The fourth-order valence-electron chi connectivity index (χ4n) is 2.44. The molecule has 0 saturated carbocycles. The van der Waals surface area contributed by atoms with E-state index in [1.807, 2.05) is 43.3 Å². The van der Waals surface area contributed by atoms with Gasteiger partial charge in [0.05, 0.1) is 5.71 Å². The van der Waals surface area contributed by atoms with E-state index in [-0.39, 0.29) is 11.7 Å². The number of carbonyl (C=O) groups excluding carboxylic acids is 1. The Morgan fingerprint density at radius 2 is 1.92 bits per heavy atom. The monoisotopic (exact) mass is 367 g/mol. The molecule has 0 spiro atoms. The van der Waals surface area contributed by atoms with Crippen molar-refractivity contribution in [3.63, 3.8) is 0 Å². The minimum Gasteiger partial charge on any atom is -0.385 e. The molecule has 0 aliphatic heterocycles. The highest BCUT2D eigenvalue weighted by atomic mass is 35.5. The Morgan fingerprint density at radius 1 is 1.19 bits per heavy atom. The number of nitrogens with two attached hydrogens (primary N) is 1. The number of halogens is 1. The Labute approximate surface area is 155 Å². The maximum absolute atomic E-state index is 12.4. The predicted molar refractivity (Wildman–Crippen MR) is 106 cm³/mol. The number of aromatic nitrogens is 1. The molecule has 1 aromatic heterocycles. The van der Waals surface area contributed by atoms with Crippen LogP contribution in [0.5, 0.6) is 0 Å². The largest absolute Gasteiger partial charge is 0.385 e. The highest BCUT2D eigenvalue weighted by Crippen LogP contribution is 2.21. The van der Waals surface area contributed by atoms with E-state index in [2.05, 4.69) is 27.4 Å². The van der Waals surface area contributed by atoms with Crippen LogP contribution in [0.3, 0.4) is 0 Å². The molecule has 5 N–H and O–H groups in total. The van der Waals surface area contributed by atoms with E-state index in [0.29, 0.717) is 16.4 Å². The Morgan fingerprint density at radius 3 is 2.62 bits per heavy atom. The van der Waals surface area contributed by atoms with Gasteiger partial charge in [-0.25, -0.2) is 0 Å². The van der Waals surface area contributed by atoms with Crippen LogP contribution in [-0.2, 0) is 0 Å². The molecule has 26 heavy (non-hydrogen) atoms. The van der Waals surface area contributed by atoms with E-state index in [1.165, 1.54) is 0 Å². The lowest BCUT2D eigenvalue weighted by molar-refractivity contribution is 0.102. The van der Waals surface area contributed by atoms with Crippen molar-refractivity contribution in [3.05, 3.63) is 77.2 Å². The van der Waals surface area contributed by atoms with Gasteiger partial charge in [0, 0.05) is 21.6 Å². The molecule has 1 heterocycles. The van der Waals surface area contributed by atoms with E-state index >= 15 is 0 Å². The summed E-state index contributed by atoms with van der Waals surface area (Å²) in [4.78, 5) is 15.5. The first-order valence-electron chi connectivity index (χ1n) is 7.87. The summed E-state index contributed by atoms with van der Waals surface area (Å²) >= 11 is 5.98. The summed E-state index contributed by atoms with van der Waals surface area (Å²) in [7, 11) is 0. The van der Waals surface area contributed by atoms with Crippen LogP contribution in [0.15, 0.2) is 66.0 Å². The van der Waals surface area contributed by atoms with Gasteiger partial charge in [-0.3, -0.25) is 10.2 Å². The van der Waals surface area contributed by atoms with Gasteiger partial charge in [0.1, 0.15) is 11.5 Å². The standard InChI is InChI=1S/C19H18ClN5O/c1-11(24-25-12(2)21)13-3-6-16(7-4-13)22-19(26)18-10-14-9-15(20)5-8-17(14)23-18/h3-10,23,25H,2,21H2,1H3,(H,22,26)/b24-11-. The number of carbonyl (C=O) groups is 1. The Kier molecular flexibility index (Phi) is 4.95. The lowest BCUT2D eigenvalue weighted by Crippen LogP contribution is -2.15. The maximum Gasteiger partial charge on any atom is 0.272 e. The molecule has 3 rings (SSSR count). The molecule has 2 aromatic carbocycles. The number of nitrogens with one attached hydrogen (secondary N) is 3. The number of hydrogen-bond donors (Lipinski definition) is 4. The molecule has 132 valence electrons. The lowest BCUT2D eigenvalue weighted by Gasteiger charge is -2.06. The topological polar surface area (TPSA) is 95.3 Å². The van der Waals surface area contributed by atoms with E-state index in [0.717, 1.165) is 22.2 Å². The number of H-pyrrole nitrogens is 1. The third kappa shape index (κ3) is 4.04. The van der Waals surface area contributed by atoms with E-state index < -0.39 is 0 Å². The predicted octanol–water partition coefficient (Wildman–Crippen LogP) is 3.82. The zero-order chi connectivity index (χ0) is 18.7. The zero-order valence-corrected chi connectivity index (χ0v) is 14.9. The fourth-order valence-corrected chi connectivity index (χ4v) is 2.62. The number of rotatable bonds is 5. The molecule has 6 nitrogen and oxygen atoms in total. The van der Waals surface area contributed by atoms with Crippen LogP contribution in [0, 0.1) is 0 Å². The molecule has 1 amide bonds. The zero-order valence-electron chi connectivity index (χ0n) is 14.1. The number of fused-ring (bicyclic) bond motifs is 1. The van der Waals surface area contributed by atoms with Crippen LogP contribution < -0.4 is 16.5 Å². The third-order valence-electron chi connectivity index (χ3n) is 3.76. The summed E-state index contributed by atoms with van der Waals surface area (Å²) in [6.45, 7) is 5.36. The van der Waals surface area contributed by atoms with Crippen molar-refractivity contribution in [2.45, 2.75) is 6.92 Å². The number of hydrazone groups is 1. The first-order valence-corrected chi connectivity index (χ1v) is 8.25. The molecule has 3 aromatic rings. The van der Waals surface area contributed by atoms with Crippen molar-refractivity contribution in [1.82, 2.24) is 10.4 Å². The van der Waals surface area contributed by atoms with E-state index in [4.69, 9.17) is 17.3 Å². The summed E-state index contributed by atoms with van der Waals surface area (Å²) < 4.78 is 0. The van der Waals surface area contributed by atoms with Crippen LogP contribution in [0.1, 0.15) is 23.0 Å². The average Bonchev–Trinajstić information content (AvgIpc) is 3.03. The molecule has 0 saturated heterocycles. The van der Waals surface area contributed by atoms with Crippen LogP contribution in [0.2, 0.25) is 5.02 Å². The molecule has 0 bridgehead atoms. The molecule has 0 aliphatic carbocycles. The smallest absolute Gasteiger partial charge is 0.272 e. The minimum absolute atomic E-state index is 0.225. The second-order valence-electron chi connectivity index (χ2n) is 5.78. The molecule has 0 atom stereocenters. The van der Waals surface area contributed by atoms with Crippen molar-refractivity contribution in [3.8, 4) is 0 Å². The third-order valence-corrected chi connectivity index (χ3v) is 3.99. The van der Waals surface area contributed by atoms with Gasteiger partial charge in [0.25, 0.3) is 5.91 Å². The summed E-state index contributed by atoms with van der Waals surface area (Å²) in [5.74, 6) is 0.0458. The minimum atomic E-state index is -0.225. The van der Waals surface area contributed by atoms with Crippen molar-refractivity contribution in [2.75, 3.05) is 5.32 Å². The van der Waals surface area contributed by atoms with Crippen molar-refractivity contribution in [2.24, 2.45) is 10.8 Å². The fraction of sp³-hybridized carbons (Fsp3) is 0.0526. The average molecular weight is 368 g/mol. The summed E-state index contributed by atoms with van der Waals surface area (Å²) in [5.41, 5.74) is 11.7. The molecule has 0 unspecified atom stereocenters. The molecular weight excluding hydrogens is 350 g/mol. The molecular formula is C19H18ClN5O. The van der Waals surface area contributed by atoms with Gasteiger partial charge in [0.2, 0.25) is 0 Å². The van der Waals surface area contributed by atoms with Gasteiger partial charge in [-0.05, 0) is 48.9 Å². The molecule has 0 fully saturated rings. The van der Waals surface area contributed by atoms with Crippen LogP contribution in [0.25, 0.3) is 10.9 Å². The summed E-state index contributed by atoms with van der Waals surface area (Å²) in [6.07, 6.45) is 0. The van der Waals surface area contributed by atoms with Gasteiger partial charge in [-0.15, -0.1) is 0 Å². The SMILES string of the molecule is C=C(N)N/N=C(/C)c1ccc(NC(=O)c2cc3cc(Cl)ccc3[nH]2)cc1. The Balaban J connectivity index is 1.72. The highest BCUT2D eigenvalue weighted by molar-refractivity contribution is 6.31. The number of aromatic amines is 1. The van der Waals surface area contributed by atoms with Gasteiger partial charge in [-0.1, -0.05) is 30.3 Å². The van der Waals surface area contributed by atoms with Crippen LogP contribution in [0.4, 0.5) is 5.69 Å². The maximum atomic E-state index is 12.4. The molecule has 0 aliphatic rings. The summed E-state index contributed by atoms with van der Waals surface area (Å²) in [5, 5.41) is 8.48. The molecule has 7 heteroatoms. The van der Waals surface area contributed by atoms with E-state index in [9.17, 15) is 4.79 Å². The molecule has 0 radical (unpaired) electrons. The van der Waals surface area contributed by atoms with Gasteiger partial charge in [-0.2, -0.15) is 5.10 Å². The lowest BCUT2D eigenvalue weighted by atomic mass is 10.1. The van der Waals surface area contributed by atoms with Gasteiger partial charge >= 0.3 is 0 Å². The van der Waals surface area contributed by atoms with Gasteiger partial charge < -0.3 is 16.0 Å². The van der Waals surface area contributed by atoms with E-state index in [1.54, 1.807) is 12.1 Å². The number of hydrogen-bond acceptors (Lipinski definition) is 4. The normalized spacial score (nSPS) is 11.4. The highest BCUT2D eigenvalue weighted by Gasteiger charge is 2.10. The van der Waals surface area contributed by atoms with Crippen molar-refractivity contribution < 1.29 is 4.79 Å². The quantitative estimate of drug-likeness (QED) is 0.408. The summed E-state index contributed by atoms with van der Waals surface area (Å²) in [6, 6.07) is 14.5. The van der Waals surface area contributed by atoms with Gasteiger partial charge in [0.15, 0.2) is 0 Å². The second-order valence-corrected chi connectivity index (χ2v) is 6.22. The van der Waals surface area contributed by atoms with Crippen molar-refractivity contribution >= 4 is 39.8 Å². The number of amides is 1.